The maximum atomic E-state index is 14.1. The summed E-state index contributed by atoms with van der Waals surface area (Å²) in [7, 11) is 3.06. The molecule has 4 unspecified atom stereocenters. The molecule has 0 aromatic heterocycles. The summed E-state index contributed by atoms with van der Waals surface area (Å²) >= 11 is 3.53. The molecule has 0 bridgehead atoms. The predicted octanol–water partition coefficient (Wildman–Crippen LogP) is 5.27. The highest BCUT2D eigenvalue weighted by Crippen LogP contribution is 2.53. The van der Waals surface area contributed by atoms with Gasteiger partial charge in [0.1, 0.15) is 5.54 Å². The second kappa shape index (κ2) is 10.9. The van der Waals surface area contributed by atoms with Crippen molar-refractivity contribution in [3.8, 4) is 11.5 Å². The van der Waals surface area contributed by atoms with Crippen LogP contribution in [0, 0.1) is 17.8 Å². The van der Waals surface area contributed by atoms with Crippen LogP contribution in [0.25, 0.3) is 0 Å². The summed E-state index contributed by atoms with van der Waals surface area (Å²) in [6.45, 7) is 2.04. The normalized spacial score (nSPS) is 27.1. The van der Waals surface area contributed by atoms with Gasteiger partial charge >= 0.3 is 5.97 Å². The lowest BCUT2D eigenvalue weighted by molar-refractivity contribution is -0.150. The van der Waals surface area contributed by atoms with Crippen molar-refractivity contribution in [2.45, 2.75) is 63.5 Å². The second-order valence-corrected chi connectivity index (χ2v) is 11.7. The minimum Gasteiger partial charge on any atom is -0.493 e. The first-order valence-electron chi connectivity index (χ1n) is 13.6. The molecule has 39 heavy (non-hydrogen) atoms. The smallest absolute Gasteiger partial charge is 0.324 e. The molecular weight excluding hydrogens is 564 g/mol. The van der Waals surface area contributed by atoms with Crippen LogP contribution in [-0.4, -0.2) is 42.6 Å². The van der Waals surface area contributed by atoms with E-state index in [-0.39, 0.29) is 11.8 Å². The number of aliphatic carboxylic acids is 1. The van der Waals surface area contributed by atoms with Crippen molar-refractivity contribution in [3.05, 3.63) is 52.0 Å². The molecule has 2 amide bonds. The fourth-order valence-electron chi connectivity index (χ4n) is 6.86. The number of halogens is 1. The molecule has 2 aliphatic heterocycles. The van der Waals surface area contributed by atoms with Crippen LogP contribution in [0.15, 0.2) is 40.9 Å². The predicted molar refractivity (Wildman–Crippen MR) is 150 cm³/mol. The first-order valence-corrected chi connectivity index (χ1v) is 14.4. The average molecular weight is 600 g/mol. The Kier molecular flexibility index (Phi) is 7.75. The average Bonchev–Trinajstić information content (AvgIpc) is 3.42. The van der Waals surface area contributed by atoms with Crippen LogP contribution in [0.3, 0.4) is 0 Å². The number of nitrogens with zero attached hydrogens (tertiary/aromatic N) is 1. The molecule has 2 heterocycles. The number of hydrogen-bond donors (Lipinski definition) is 2. The number of carboxylic acid groups (broad SMARTS) is 1. The Bertz CT molecular complexity index is 1270. The molecule has 5 rings (SSSR count). The molecule has 1 aliphatic carbocycles. The number of imide groups is 1. The summed E-state index contributed by atoms with van der Waals surface area (Å²) < 4.78 is 11.6. The highest BCUT2D eigenvalue weighted by atomic mass is 79.9. The van der Waals surface area contributed by atoms with E-state index in [1.807, 2.05) is 25.1 Å². The molecule has 3 fully saturated rings. The van der Waals surface area contributed by atoms with E-state index in [1.54, 1.807) is 18.2 Å². The fraction of sp³-hybridized carbons (Fsp3) is 0.500. The Labute approximate surface area is 237 Å². The minimum atomic E-state index is -1.57. The van der Waals surface area contributed by atoms with E-state index in [9.17, 15) is 19.5 Å². The molecule has 1 saturated carbocycles. The Morgan fingerprint density at radius 3 is 2.36 bits per heavy atom. The molecular formula is C30H35BrN2O6. The van der Waals surface area contributed by atoms with E-state index in [0.717, 1.165) is 44.1 Å². The topological polar surface area (TPSA) is 105 Å². The lowest BCUT2D eigenvalue weighted by Crippen LogP contribution is -2.57. The van der Waals surface area contributed by atoms with Gasteiger partial charge in [0.05, 0.1) is 36.2 Å². The summed E-state index contributed by atoms with van der Waals surface area (Å²) in [6.07, 6.45) is 6.20. The van der Waals surface area contributed by atoms with Gasteiger partial charge in [0.15, 0.2) is 11.5 Å². The lowest BCUT2D eigenvalue weighted by atomic mass is 9.72. The first kappa shape index (κ1) is 27.6. The number of rotatable bonds is 8. The number of amides is 2. The van der Waals surface area contributed by atoms with Crippen molar-refractivity contribution in [3.63, 3.8) is 0 Å². The van der Waals surface area contributed by atoms with Gasteiger partial charge in [-0.05, 0) is 70.1 Å². The van der Waals surface area contributed by atoms with Gasteiger partial charge in [0.25, 0.3) is 0 Å². The Morgan fingerprint density at radius 1 is 1.08 bits per heavy atom. The highest BCUT2D eigenvalue weighted by Gasteiger charge is 2.69. The summed E-state index contributed by atoms with van der Waals surface area (Å²) in [5, 5.41) is 14.1. The van der Waals surface area contributed by atoms with Crippen LogP contribution < -0.4 is 19.7 Å². The van der Waals surface area contributed by atoms with Crippen LogP contribution in [0.5, 0.6) is 11.5 Å². The molecule has 2 aromatic rings. The zero-order valence-corrected chi connectivity index (χ0v) is 24.1. The minimum absolute atomic E-state index is 0.166. The molecule has 2 saturated heterocycles. The number of ether oxygens (including phenoxy) is 2. The number of hydrogen-bond acceptors (Lipinski definition) is 6. The lowest BCUT2D eigenvalue weighted by Gasteiger charge is -2.35. The van der Waals surface area contributed by atoms with E-state index < -0.39 is 35.3 Å². The van der Waals surface area contributed by atoms with Gasteiger partial charge in [-0.2, -0.15) is 0 Å². The molecule has 8 nitrogen and oxygen atoms in total. The van der Waals surface area contributed by atoms with Gasteiger partial charge in [0, 0.05) is 6.04 Å². The van der Waals surface area contributed by atoms with E-state index in [2.05, 4.69) is 21.2 Å². The van der Waals surface area contributed by atoms with E-state index in [4.69, 9.17) is 9.47 Å². The van der Waals surface area contributed by atoms with Crippen LogP contribution in [0.4, 0.5) is 5.69 Å². The zero-order chi connectivity index (χ0) is 27.9. The van der Waals surface area contributed by atoms with Crippen molar-refractivity contribution >= 4 is 39.4 Å². The van der Waals surface area contributed by atoms with Crippen LogP contribution in [0.2, 0.25) is 0 Å². The van der Waals surface area contributed by atoms with Gasteiger partial charge < -0.3 is 14.6 Å². The Balaban J connectivity index is 1.63. The van der Waals surface area contributed by atoms with Gasteiger partial charge in [-0.3, -0.25) is 19.7 Å². The molecule has 2 N–H and O–H groups in total. The van der Waals surface area contributed by atoms with Crippen molar-refractivity contribution in [1.82, 2.24) is 5.32 Å². The largest absolute Gasteiger partial charge is 0.493 e. The summed E-state index contributed by atoms with van der Waals surface area (Å²) in [5.74, 6) is -2.74. The number of aryl methyl sites for hydroxylation is 1. The van der Waals surface area contributed by atoms with Crippen molar-refractivity contribution in [2.75, 3.05) is 19.1 Å². The molecule has 0 radical (unpaired) electrons. The van der Waals surface area contributed by atoms with Crippen molar-refractivity contribution < 1.29 is 29.0 Å². The summed E-state index contributed by atoms with van der Waals surface area (Å²) in [4.78, 5) is 42.6. The van der Waals surface area contributed by atoms with Gasteiger partial charge in [-0.15, -0.1) is 0 Å². The summed E-state index contributed by atoms with van der Waals surface area (Å²) in [5.41, 5.74) is 0.651. The van der Waals surface area contributed by atoms with E-state index >= 15 is 0 Å². The standard InChI is InChI=1S/C30H35BrN2O6/c1-4-17-10-12-20(13-11-17)33-27(34)23-24(28(33)35)30(29(36)37,16-18-8-6-5-7-9-18)32-25(23)19-14-21(31)26(39-3)22(15-19)38-2/h10-15,18,23-25,32H,4-9,16H2,1-3H3,(H,36,37). The number of fused-ring (bicyclic) bond motifs is 1. The van der Waals surface area contributed by atoms with Gasteiger partial charge in [-0.25, -0.2) is 4.90 Å². The number of carbonyl (C=O) groups is 3. The number of anilines is 1. The molecule has 9 heteroatoms. The molecule has 0 spiro atoms. The van der Waals surface area contributed by atoms with Gasteiger partial charge in [-0.1, -0.05) is 51.2 Å². The first-order chi connectivity index (χ1) is 18.7. The van der Waals surface area contributed by atoms with Crippen molar-refractivity contribution in [1.29, 1.82) is 0 Å². The quantitative estimate of drug-likeness (QED) is 0.399. The highest BCUT2D eigenvalue weighted by molar-refractivity contribution is 9.10. The van der Waals surface area contributed by atoms with Crippen LogP contribution in [0.1, 0.15) is 62.6 Å². The molecule has 208 valence electrons. The fourth-order valence-corrected chi connectivity index (χ4v) is 7.48. The van der Waals surface area contributed by atoms with Crippen LogP contribution >= 0.6 is 15.9 Å². The number of carbonyl (C=O) groups excluding carboxylic acids is 2. The number of benzene rings is 2. The Hall–Kier alpha value is -2.91. The van der Waals surface area contributed by atoms with Crippen molar-refractivity contribution in [2.24, 2.45) is 17.8 Å². The molecule has 4 atom stereocenters. The molecule has 2 aromatic carbocycles. The third-order valence-corrected chi connectivity index (χ3v) is 9.38. The maximum Gasteiger partial charge on any atom is 0.324 e. The van der Waals surface area contributed by atoms with E-state index in [1.165, 1.54) is 19.1 Å². The second-order valence-electron chi connectivity index (χ2n) is 10.9. The SMILES string of the molecule is CCc1ccc(N2C(=O)C3C(c4cc(Br)c(OC)c(OC)c4)NC(CC4CCCCC4)(C(=O)O)C3C2=O)cc1. The third-order valence-electron chi connectivity index (χ3n) is 8.79. The number of carboxylic acids is 1. The monoisotopic (exact) mass is 598 g/mol. The number of nitrogens with one attached hydrogen (secondary N) is 1. The zero-order valence-electron chi connectivity index (χ0n) is 22.5. The molecule has 3 aliphatic rings. The van der Waals surface area contributed by atoms with Crippen LogP contribution in [-0.2, 0) is 20.8 Å². The number of methoxy groups -OCH3 is 2. The Morgan fingerprint density at radius 2 is 1.77 bits per heavy atom. The van der Waals surface area contributed by atoms with E-state index in [0.29, 0.717) is 33.6 Å². The maximum absolute atomic E-state index is 14.1. The van der Waals surface area contributed by atoms with Gasteiger partial charge in [0.2, 0.25) is 11.8 Å². The summed E-state index contributed by atoms with van der Waals surface area (Å²) in [6, 6.07) is 10.2. The third kappa shape index (κ3) is 4.63.